The lowest BCUT2D eigenvalue weighted by atomic mass is 10.00. The van der Waals surface area contributed by atoms with Gasteiger partial charge >= 0.3 is 11.9 Å². The van der Waals surface area contributed by atoms with E-state index in [-0.39, 0.29) is 19.4 Å². The van der Waals surface area contributed by atoms with Crippen molar-refractivity contribution in [2.75, 3.05) is 19.0 Å². The molecule has 0 aromatic heterocycles. The zero-order chi connectivity index (χ0) is 45.5. The minimum absolute atomic E-state index is 0.0852. The number of hydrogen-bond acceptors (Lipinski definition) is 11. The Morgan fingerprint density at radius 3 is 1.50 bits per heavy atom. The second-order valence-corrected chi connectivity index (χ2v) is 17.9. The molecule has 1 rings (SSSR count). The Bertz CT molecular complexity index is 1370. The lowest BCUT2D eigenvalue weighted by Crippen LogP contribution is -2.60. The van der Waals surface area contributed by atoms with E-state index in [0.717, 1.165) is 51.4 Å². The van der Waals surface area contributed by atoms with E-state index in [4.69, 9.17) is 18.9 Å². The molecule has 1 aliphatic heterocycles. The maximum Gasteiger partial charge on any atom is 0.306 e. The number of carbonyl (C=O) groups excluding carboxylic acids is 2. The minimum Gasteiger partial charge on any atom is -0.462 e. The number of ether oxygens (including phenoxy) is 4. The monoisotopic (exact) mass is 897 g/mol. The van der Waals surface area contributed by atoms with Crippen LogP contribution in [-0.4, -0.2) is 96.0 Å². The Labute approximate surface area is 375 Å². The molecule has 0 aliphatic carbocycles. The molecular formula is C49H84O12S. The summed E-state index contributed by atoms with van der Waals surface area (Å²) >= 11 is 0. The summed E-state index contributed by atoms with van der Waals surface area (Å²) in [7, 11) is -4.61. The van der Waals surface area contributed by atoms with E-state index in [9.17, 15) is 37.9 Å². The van der Waals surface area contributed by atoms with Crippen molar-refractivity contribution < 1.29 is 56.8 Å². The SMILES string of the molecule is CC/C=C\C/C=C\C/C=C\C/C=C\C/C=C\CCCC(=O)OC(COC(=O)CCCCCCCCCCCCCCCCCCC)COC1OC(CS(=O)(=O)O)C(O)C(O)C1O. The second kappa shape index (κ2) is 38.8. The quantitative estimate of drug-likeness (QED) is 0.0198. The van der Waals surface area contributed by atoms with E-state index in [2.05, 4.69) is 62.5 Å². The summed E-state index contributed by atoms with van der Waals surface area (Å²) in [5, 5.41) is 30.9. The maximum absolute atomic E-state index is 12.8. The first kappa shape index (κ1) is 57.4. The average Bonchev–Trinajstić information content (AvgIpc) is 3.24. The number of aliphatic hydroxyl groups is 3. The number of hydrogen-bond donors (Lipinski definition) is 4. The fraction of sp³-hybridized carbons (Fsp3) is 0.755. The van der Waals surface area contributed by atoms with Gasteiger partial charge in [0.15, 0.2) is 12.4 Å². The van der Waals surface area contributed by atoms with Gasteiger partial charge in [0.25, 0.3) is 10.1 Å². The molecule has 0 saturated carbocycles. The zero-order valence-electron chi connectivity index (χ0n) is 38.2. The van der Waals surface area contributed by atoms with Crippen LogP contribution >= 0.6 is 0 Å². The van der Waals surface area contributed by atoms with Crippen molar-refractivity contribution in [1.82, 2.24) is 0 Å². The normalized spacial score (nSPS) is 20.4. The fourth-order valence-electron chi connectivity index (χ4n) is 6.95. The molecule has 13 heteroatoms. The molecular weight excluding hydrogens is 813 g/mol. The predicted octanol–water partition coefficient (Wildman–Crippen LogP) is 10.1. The molecule has 358 valence electrons. The van der Waals surface area contributed by atoms with E-state index in [1.165, 1.54) is 83.5 Å². The molecule has 1 heterocycles. The average molecular weight is 897 g/mol. The maximum atomic E-state index is 12.8. The Morgan fingerprint density at radius 2 is 1.02 bits per heavy atom. The number of aliphatic hydroxyl groups excluding tert-OH is 3. The van der Waals surface area contributed by atoms with Crippen molar-refractivity contribution in [2.45, 2.75) is 218 Å². The van der Waals surface area contributed by atoms with Gasteiger partial charge in [0.2, 0.25) is 0 Å². The van der Waals surface area contributed by atoms with Gasteiger partial charge in [-0.1, -0.05) is 177 Å². The summed E-state index contributed by atoms with van der Waals surface area (Å²) in [5.41, 5.74) is 0. The van der Waals surface area contributed by atoms with Crippen molar-refractivity contribution in [3.63, 3.8) is 0 Å². The first-order valence-corrected chi connectivity index (χ1v) is 25.5. The van der Waals surface area contributed by atoms with E-state index < -0.39 is 71.2 Å². The van der Waals surface area contributed by atoms with Gasteiger partial charge < -0.3 is 34.3 Å². The van der Waals surface area contributed by atoms with Gasteiger partial charge in [-0.05, 0) is 51.4 Å². The molecule has 62 heavy (non-hydrogen) atoms. The second-order valence-electron chi connectivity index (χ2n) is 16.4. The first-order valence-electron chi connectivity index (χ1n) is 23.8. The van der Waals surface area contributed by atoms with Crippen molar-refractivity contribution >= 4 is 22.1 Å². The lowest BCUT2D eigenvalue weighted by Gasteiger charge is -2.40. The lowest BCUT2D eigenvalue weighted by molar-refractivity contribution is -0.297. The minimum atomic E-state index is -4.61. The van der Waals surface area contributed by atoms with E-state index >= 15 is 0 Å². The van der Waals surface area contributed by atoms with Crippen molar-refractivity contribution in [2.24, 2.45) is 0 Å². The summed E-state index contributed by atoms with van der Waals surface area (Å²) in [5.74, 6) is -2.06. The van der Waals surface area contributed by atoms with Crippen LogP contribution in [-0.2, 0) is 38.7 Å². The van der Waals surface area contributed by atoms with Crippen molar-refractivity contribution in [3.05, 3.63) is 60.8 Å². The van der Waals surface area contributed by atoms with Crippen LogP contribution in [0.5, 0.6) is 0 Å². The van der Waals surface area contributed by atoms with Gasteiger partial charge in [0.05, 0.1) is 6.61 Å². The molecule has 1 fully saturated rings. The summed E-state index contributed by atoms with van der Waals surface area (Å²) in [6.45, 7) is 3.61. The molecule has 4 N–H and O–H groups in total. The van der Waals surface area contributed by atoms with Crippen LogP contribution in [0.2, 0.25) is 0 Å². The first-order chi connectivity index (χ1) is 30.0. The van der Waals surface area contributed by atoms with Crippen LogP contribution in [0.4, 0.5) is 0 Å². The van der Waals surface area contributed by atoms with Gasteiger partial charge in [-0.3, -0.25) is 14.1 Å². The van der Waals surface area contributed by atoms with Crippen LogP contribution in [0, 0.1) is 0 Å². The molecule has 0 bridgehead atoms. The third kappa shape index (κ3) is 32.9. The fourth-order valence-corrected chi connectivity index (χ4v) is 7.64. The van der Waals surface area contributed by atoms with Crippen molar-refractivity contribution in [1.29, 1.82) is 0 Å². The van der Waals surface area contributed by atoms with E-state index in [0.29, 0.717) is 19.3 Å². The Hall–Kier alpha value is -2.65. The molecule has 12 nitrogen and oxygen atoms in total. The van der Waals surface area contributed by atoms with Crippen LogP contribution in [0.25, 0.3) is 0 Å². The van der Waals surface area contributed by atoms with Gasteiger partial charge in [-0.15, -0.1) is 0 Å². The van der Waals surface area contributed by atoms with Gasteiger partial charge in [-0.2, -0.15) is 8.42 Å². The summed E-state index contributed by atoms with van der Waals surface area (Å²) < 4.78 is 54.1. The van der Waals surface area contributed by atoms with Crippen LogP contribution in [0.3, 0.4) is 0 Å². The molecule has 1 aliphatic rings. The van der Waals surface area contributed by atoms with Gasteiger partial charge in [0.1, 0.15) is 36.8 Å². The van der Waals surface area contributed by atoms with Crippen molar-refractivity contribution in [3.8, 4) is 0 Å². The van der Waals surface area contributed by atoms with Gasteiger partial charge in [-0.25, -0.2) is 0 Å². The van der Waals surface area contributed by atoms with Crippen LogP contribution in [0.1, 0.15) is 181 Å². The third-order valence-electron chi connectivity index (χ3n) is 10.6. The number of rotatable bonds is 39. The van der Waals surface area contributed by atoms with E-state index in [1.54, 1.807) is 0 Å². The summed E-state index contributed by atoms with van der Waals surface area (Å²) in [6, 6.07) is 0. The predicted molar refractivity (Wildman–Crippen MR) is 247 cm³/mol. The summed E-state index contributed by atoms with van der Waals surface area (Å²) in [4.78, 5) is 25.4. The molecule has 0 amide bonds. The molecule has 0 aromatic rings. The van der Waals surface area contributed by atoms with Gasteiger partial charge in [0, 0.05) is 12.8 Å². The molecule has 6 unspecified atom stereocenters. The molecule has 0 aromatic carbocycles. The standard InChI is InChI=1S/C49H84O12S/c1-3-5-7-9-11-13-15-17-19-21-23-25-27-29-31-33-35-37-44(50)58-39-42(40-59-49-48(54)47(53)46(52)43(61-49)41-62(55,56)57)60-45(51)38-36-34-32-30-28-26-24-22-20-18-16-14-12-10-8-6-4-2/h6,8,12,14,18,20,24,26,30,32,42-43,46-49,52-54H,3-5,7,9-11,13,15-17,19,21-23,25,27-29,31,33-41H2,1-2H3,(H,55,56,57)/b8-6-,14-12-,20-18-,26-24-,32-30-. The molecule has 6 atom stereocenters. The van der Waals surface area contributed by atoms with Crippen LogP contribution in [0.15, 0.2) is 60.8 Å². The smallest absolute Gasteiger partial charge is 0.306 e. The molecule has 1 saturated heterocycles. The number of allylic oxidation sites excluding steroid dienone is 10. The summed E-state index contributed by atoms with van der Waals surface area (Å²) in [6.07, 6.45) is 38.4. The number of unbranched alkanes of at least 4 members (excludes halogenated alkanes) is 17. The Kier molecular flexibility index (Phi) is 35.9. The molecule has 0 spiro atoms. The molecule has 0 radical (unpaired) electrons. The highest BCUT2D eigenvalue weighted by Crippen LogP contribution is 2.24. The number of carbonyl (C=O) groups is 2. The van der Waals surface area contributed by atoms with E-state index in [1.807, 2.05) is 12.2 Å². The topological polar surface area (TPSA) is 186 Å². The largest absolute Gasteiger partial charge is 0.462 e. The Balaban J connectivity index is 2.46. The highest BCUT2D eigenvalue weighted by Gasteiger charge is 2.46. The highest BCUT2D eigenvalue weighted by molar-refractivity contribution is 7.85. The zero-order valence-corrected chi connectivity index (χ0v) is 39.0. The highest BCUT2D eigenvalue weighted by atomic mass is 32.2. The van der Waals surface area contributed by atoms with Crippen LogP contribution < -0.4 is 0 Å². The third-order valence-corrected chi connectivity index (χ3v) is 11.4. The number of esters is 2. The Morgan fingerprint density at radius 1 is 0.565 bits per heavy atom.